The van der Waals surface area contributed by atoms with E-state index in [0.29, 0.717) is 6.54 Å². The van der Waals surface area contributed by atoms with Gasteiger partial charge in [-0.3, -0.25) is 4.79 Å². The smallest absolute Gasteiger partial charge is 0.236 e. The minimum Gasteiger partial charge on any atom is -0.340 e. The van der Waals surface area contributed by atoms with Crippen LogP contribution in [-0.4, -0.2) is 37.0 Å². The normalized spacial score (nSPS) is 16.4. The second-order valence-electron chi connectivity index (χ2n) is 2.91. The molecule has 1 saturated heterocycles. The topological polar surface area (TPSA) is 32.3 Å². The van der Waals surface area contributed by atoms with Crippen LogP contribution in [0, 0.1) is 0 Å². The first-order chi connectivity index (χ1) is 6.34. The molecule has 0 unspecified atom stereocenters. The van der Waals surface area contributed by atoms with Crippen molar-refractivity contribution < 1.29 is 4.79 Å². The summed E-state index contributed by atoms with van der Waals surface area (Å²) >= 11 is 0. The maximum atomic E-state index is 11.2. The third-order valence-electron chi connectivity index (χ3n) is 1.97. The van der Waals surface area contributed by atoms with Crippen LogP contribution in [0.15, 0.2) is 13.2 Å². The SMILES string of the molecule is C=C.CCCCN1CCNCC1=O. The van der Waals surface area contributed by atoms with Crippen LogP contribution in [0.4, 0.5) is 0 Å². The summed E-state index contributed by atoms with van der Waals surface area (Å²) in [7, 11) is 0. The van der Waals surface area contributed by atoms with E-state index in [2.05, 4.69) is 25.4 Å². The van der Waals surface area contributed by atoms with Crippen molar-refractivity contribution in [2.75, 3.05) is 26.2 Å². The van der Waals surface area contributed by atoms with Gasteiger partial charge in [0.25, 0.3) is 0 Å². The Kier molecular flexibility index (Phi) is 7.30. The Morgan fingerprint density at radius 1 is 1.54 bits per heavy atom. The number of unbranched alkanes of at least 4 members (excludes halogenated alkanes) is 1. The van der Waals surface area contributed by atoms with Crippen molar-refractivity contribution >= 4 is 5.91 Å². The molecular formula is C10H20N2O. The standard InChI is InChI=1S/C8H16N2O.C2H4/c1-2-3-5-10-6-4-9-7-8(10)11;1-2/h9H,2-7H2,1H3;1-2H2. The van der Waals surface area contributed by atoms with Crippen molar-refractivity contribution in [3.63, 3.8) is 0 Å². The molecule has 0 spiro atoms. The minimum absolute atomic E-state index is 0.254. The highest BCUT2D eigenvalue weighted by Gasteiger charge is 2.15. The fourth-order valence-corrected chi connectivity index (χ4v) is 1.23. The number of amides is 1. The lowest BCUT2D eigenvalue weighted by Gasteiger charge is -2.27. The molecule has 1 amide bonds. The Balaban J connectivity index is 0.000000671. The Labute approximate surface area is 80.8 Å². The van der Waals surface area contributed by atoms with E-state index in [1.54, 1.807) is 0 Å². The van der Waals surface area contributed by atoms with Gasteiger partial charge in [0.1, 0.15) is 0 Å². The molecule has 76 valence electrons. The molecule has 1 aliphatic rings. The van der Waals surface area contributed by atoms with Crippen molar-refractivity contribution in [2.24, 2.45) is 0 Å². The molecule has 0 radical (unpaired) electrons. The molecule has 1 heterocycles. The molecule has 3 nitrogen and oxygen atoms in total. The monoisotopic (exact) mass is 184 g/mol. The zero-order chi connectivity index (χ0) is 10.1. The molecule has 1 N–H and O–H groups in total. The lowest BCUT2D eigenvalue weighted by Crippen LogP contribution is -2.48. The molecule has 1 rings (SSSR count). The van der Waals surface area contributed by atoms with Crippen LogP contribution in [0.25, 0.3) is 0 Å². The van der Waals surface area contributed by atoms with Crippen LogP contribution < -0.4 is 5.32 Å². The number of hydrogen-bond donors (Lipinski definition) is 1. The fraction of sp³-hybridized carbons (Fsp3) is 0.700. The van der Waals surface area contributed by atoms with E-state index in [9.17, 15) is 4.79 Å². The third kappa shape index (κ3) is 4.68. The van der Waals surface area contributed by atoms with Gasteiger partial charge in [-0.05, 0) is 6.42 Å². The van der Waals surface area contributed by atoms with Crippen LogP contribution in [0.1, 0.15) is 19.8 Å². The quantitative estimate of drug-likeness (QED) is 0.664. The molecule has 1 fully saturated rings. The molecule has 0 aromatic carbocycles. The average Bonchev–Trinajstić information content (AvgIpc) is 2.20. The number of piperazine rings is 1. The van der Waals surface area contributed by atoms with Crippen molar-refractivity contribution in [3.05, 3.63) is 13.2 Å². The molecule has 1 aliphatic heterocycles. The van der Waals surface area contributed by atoms with Crippen molar-refractivity contribution in [3.8, 4) is 0 Å². The van der Waals surface area contributed by atoms with Gasteiger partial charge < -0.3 is 10.2 Å². The van der Waals surface area contributed by atoms with E-state index in [1.807, 2.05) is 4.90 Å². The number of nitrogens with one attached hydrogen (secondary N) is 1. The van der Waals surface area contributed by atoms with Gasteiger partial charge in [-0.2, -0.15) is 0 Å². The summed E-state index contributed by atoms with van der Waals surface area (Å²) in [6, 6.07) is 0. The van der Waals surface area contributed by atoms with Crippen LogP contribution >= 0.6 is 0 Å². The highest BCUT2D eigenvalue weighted by Crippen LogP contribution is 1.97. The fourth-order valence-electron chi connectivity index (χ4n) is 1.23. The third-order valence-corrected chi connectivity index (χ3v) is 1.97. The summed E-state index contributed by atoms with van der Waals surface area (Å²) in [5, 5.41) is 3.05. The van der Waals surface area contributed by atoms with Crippen LogP contribution in [-0.2, 0) is 4.79 Å². The molecule has 0 bridgehead atoms. The van der Waals surface area contributed by atoms with E-state index in [-0.39, 0.29) is 5.91 Å². The first-order valence-corrected chi connectivity index (χ1v) is 4.83. The zero-order valence-corrected chi connectivity index (χ0v) is 8.51. The van der Waals surface area contributed by atoms with Gasteiger partial charge in [-0.15, -0.1) is 13.2 Å². The summed E-state index contributed by atoms with van der Waals surface area (Å²) in [5.41, 5.74) is 0. The second kappa shape index (κ2) is 7.80. The predicted molar refractivity (Wildman–Crippen MR) is 55.6 cm³/mol. The lowest BCUT2D eigenvalue weighted by molar-refractivity contribution is -0.131. The average molecular weight is 184 g/mol. The Hall–Kier alpha value is -0.830. The van der Waals surface area contributed by atoms with Gasteiger partial charge in [-0.25, -0.2) is 0 Å². The zero-order valence-electron chi connectivity index (χ0n) is 8.51. The van der Waals surface area contributed by atoms with Crippen LogP contribution in [0.5, 0.6) is 0 Å². The molecule has 13 heavy (non-hydrogen) atoms. The first kappa shape index (κ1) is 12.2. The number of rotatable bonds is 3. The molecule has 3 heteroatoms. The van der Waals surface area contributed by atoms with Gasteiger partial charge in [0.05, 0.1) is 6.54 Å². The van der Waals surface area contributed by atoms with E-state index in [0.717, 1.165) is 32.5 Å². The largest absolute Gasteiger partial charge is 0.340 e. The van der Waals surface area contributed by atoms with Gasteiger partial charge in [0.15, 0.2) is 0 Å². The number of carbonyl (C=O) groups is 1. The highest BCUT2D eigenvalue weighted by atomic mass is 16.2. The second-order valence-corrected chi connectivity index (χ2v) is 2.91. The predicted octanol–water partition coefficient (Wildman–Crippen LogP) is 1.02. The maximum absolute atomic E-state index is 11.2. The van der Waals surface area contributed by atoms with Gasteiger partial charge in [0.2, 0.25) is 5.91 Å². The first-order valence-electron chi connectivity index (χ1n) is 4.83. The molecule has 0 aromatic rings. The molecular weight excluding hydrogens is 164 g/mol. The summed E-state index contributed by atoms with van der Waals surface area (Å²) in [5.74, 6) is 0.254. The van der Waals surface area contributed by atoms with E-state index in [4.69, 9.17) is 0 Å². The molecule has 0 aromatic heterocycles. The van der Waals surface area contributed by atoms with E-state index >= 15 is 0 Å². The highest BCUT2D eigenvalue weighted by molar-refractivity contribution is 5.78. The molecule has 0 saturated carbocycles. The minimum atomic E-state index is 0.254. The Morgan fingerprint density at radius 3 is 2.77 bits per heavy atom. The Morgan fingerprint density at radius 2 is 2.23 bits per heavy atom. The molecule has 0 atom stereocenters. The van der Waals surface area contributed by atoms with E-state index < -0.39 is 0 Å². The maximum Gasteiger partial charge on any atom is 0.236 e. The molecule has 0 aliphatic carbocycles. The van der Waals surface area contributed by atoms with E-state index in [1.165, 1.54) is 0 Å². The summed E-state index contributed by atoms with van der Waals surface area (Å²) < 4.78 is 0. The van der Waals surface area contributed by atoms with Crippen LogP contribution in [0.3, 0.4) is 0 Å². The van der Waals surface area contributed by atoms with Crippen molar-refractivity contribution in [1.29, 1.82) is 0 Å². The van der Waals surface area contributed by atoms with Crippen molar-refractivity contribution in [2.45, 2.75) is 19.8 Å². The van der Waals surface area contributed by atoms with Crippen molar-refractivity contribution in [1.82, 2.24) is 10.2 Å². The summed E-state index contributed by atoms with van der Waals surface area (Å²) in [4.78, 5) is 13.1. The van der Waals surface area contributed by atoms with Crippen LogP contribution in [0.2, 0.25) is 0 Å². The summed E-state index contributed by atoms with van der Waals surface area (Å²) in [6.45, 7) is 11.5. The number of carbonyl (C=O) groups excluding carboxylic acids is 1. The Bertz CT molecular complexity index is 148. The van der Waals surface area contributed by atoms with Gasteiger partial charge >= 0.3 is 0 Å². The number of hydrogen-bond acceptors (Lipinski definition) is 2. The van der Waals surface area contributed by atoms with Gasteiger partial charge in [0, 0.05) is 19.6 Å². The summed E-state index contributed by atoms with van der Waals surface area (Å²) in [6.07, 6.45) is 2.29. The lowest BCUT2D eigenvalue weighted by atomic mass is 10.3. The van der Waals surface area contributed by atoms with Gasteiger partial charge in [-0.1, -0.05) is 13.3 Å². The number of nitrogens with zero attached hydrogens (tertiary/aromatic N) is 1.